The van der Waals surface area contributed by atoms with Crippen LogP contribution in [0.15, 0.2) is 0 Å². The first-order chi connectivity index (χ1) is 7.50. The summed E-state index contributed by atoms with van der Waals surface area (Å²) in [5.74, 6) is 1.48. The van der Waals surface area contributed by atoms with Gasteiger partial charge in [0, 0.05) is 18.3 Å². The van der Waals surface area contributed by atoms with Gasteiger partial charge >= 0.3 is 0 Å². The van der Waals surface area contributed by atoms with E-state index < -0.39 is 0 Å². The zero-order valence-corrected chi connectivity index (χ0v) is 11.3. The Kier molecular flexibility index (Phi) is 5.62. The number of carbonyl (C=O) groups is 1. The second kappa shape index (κ2) is 6.50. The molecule has 3 nitrogen and oxygen atoms in total. The highest BCUT2D eigenvalue weighted by molar-refractivity contribution is 8.00. The minimum Gasteiger partial charge on any atom is -0.392 e. The first-order valence-electron chi connectivity index (χ1n) is 6.08. The van der Waals surface area contributed by atoms with Crippen molar-refractivity contribution in [2.24, 2.45) is 5.92 Å². The summed E-state index contributed by atoms with van der Waals surface area (Å²) in [6.07, 6.45) is 1.91. The van der Waals surface area contributed by atoms with Crippen molar-refractivity contribution in [3.8, 4) is 0 Å². The number of rotatable bonds is 4. The Labute approximate surface area is 103 Å². The van der Waals surface area contributed by atoms with Gasteiger partial charge in [0.05, 0.1) is 11.9 Å². The second-order valence-electron chi connectivity index (χ2n) is 4.82. The Morgan fingerprint density at radius 1 is 1.44 bits per heavy atom. The lowest BCUT2D eigenvalue weighted by atomic mass is 9.99. The molecule has 1 aliphatic heterocycles. The van der Waals surface area contributed by atoms with Gasteiger partial charge in [0.1, 0.15) is 0 Å². The zero-order valence-electron chi connectivity index (χ0n) is 10.5. The van der Waals surface area contributed by atoms with Crippen molar-refractivity contribution in [1.82, 2.24) is 4.90 Å². The molecule has 0 spiro atoms. The van der Waals surface area contributed by atoms with Crippen LogP contribution in [0.5, 0.6) is 0 Å². The summed E-state index contributed by atoms with van der Waals surface area (Å²) in [5, 5.41) is 9.47. The highest BCUT2D eigenvalue weighted by Gasteiger charge is 2.21. The molecule has 1 saturated heterocycles. The number of piperidine rings is 1. The molecule has 0 aromatic carbocycles. The van der Waals surface area contributed by atoms with E-state index in [2.05, 4.69) is 6.92 Å². The van der Waals surface area contributed by atoms with Crippen molar-refractivity contribution in [2.75, 3.05) is 18.8 Å². The Hall–Kier alpha value is -0.220. The summed E-state index contributed by atoms with van der Waals surface area (Å²) in [5.41, 5.74) is 0. The van der Waals surface area contributed by atoms with E-state index in [0.717, 1.165) is 31.8 Å². The quantitative estimate of drug-likeness (QED) is 0.820. The van der Waals surface area contributed by atoms with E-state index in [4.69, 9.17) is 0 Å². The van der Waals surface area contributed by atoms with Gasteiger partial charge in [-0.2, -0.15) is 0 Å². The number of hydrogen-bond acceptors (Lipinski definition) is 3. The number of nitrogens with zero attached hydrogens (tertiary/aromatic N) is 1. The minimum absolute atomic E-state index is 0.132. The van der Waals surface area contributed by atoms with Gasteiger partial charge < -0.3 is 10.0 Å². The first-order valence-corrected chi connectivity index (χ1v) is 7.13. The first kappa shape index (κ1) is 13.8. The van der Waals surface area contributed by atoms with Gasteiger partial charge in [-0.05, 0) is 25.7 Å². The highest BCUT2D eigenvalue weighted by Crippen LogP contribution is 2.19. The Balaban J connectivity index is 2.25. The molecule has 1 aliphatic rings. The van der Waals surface area contributed by atoms with Crippen LogP contribution in [0.25, 0.3) is 0 Å². The van der Waals surface area contributed by atoms with Crippen LogP contribution in [-0.2, 0) is 4.79 Å². The molecule has 0 saturated carbocycles. The number of hydrogen-bond donors (Lipinski definition) is 1. The highest BCUT2D eigenvalue weighted by atomic mass is 32.2. The maximum Gasteiger partial charge on any atom is 0.232 e. The normalized spacial score (nSPS) is 21.9. The summed E-state index contributed by atoms with van der Waals surface area (Å²) in [4.78, 5) is 13.8. The summed E-state index contributed by atoms with van der Waals surface area (Å²) < 4.78 is 0. The van der Waals surface area contributed by atoms with Crippen molar-refractivity contribution in [3.05, 3.63) is 0 Å². The monoisotopic (exact) mass is 245 g/mol. The van der Waals surface area contributed by atoms with E-state index >= 15 is 0 Å². The molecular formula is C12H23NO2S. The molecule has 1 heterocycles. The third-order valence-electron chi connectivity index (χ3n) is 3.29. The molecule has 0 unspecified atom stereocenters. The van der Waals surface area contributed by atoms with Gasteiger partial charge in [-0.3, -0.25) is 4.79 Å². The van der Waals surface area contributed by atoms with Crippen molar-refractivity contribution in [3.63, 3.8) is 0 Å². The van der Waals surface area contributed by atoms with E-state index in [-0.39, 0.29) is 17.3 Å². The third kappa shape index (κ3) is 4.34. The Bertz CT molecular complexity index is 225. The van der Waals surface area contributed by atoms with Gasteiger partial charge in [-0.25, -0.2) is 0 Å². The van der Waals surface area contributed by atoms with E-state index in [9.17, 15) is 9.90 Å². The maximum absolute atomic E-state index is 11.9. The predicted molar refractivity (Wildman–Crippen MR) is 68.6 cm³/mol. The van der Waals surface area contributed by atoms with Gasteiger partial charge in [0.2, 0.25) is 5.91 Å². The van der Waals surface area contributed by atoms with Gasteiger partial charge in [0.25, 0.3) is 0 Å². The van der Waals surface area contributed by atoms with Crippen LogP contribution in [-0.4, -0.2) is 46.1 Å². The van der Waals surface area contributed by atoms with Crippen LogP contribution in [0.1, 0.15) is 33.6 Å². The smallest absolute Gasteiger partial charge is 0.232 e. The lowest BCUT2D eigenvalue weighted by Crippen LogP contribution is -2.39. The molecular weight excluding hydrogens is 222 g/mol. The minimum atomic E-state index is -0.348. The molecule has 0 aromatic heterocycles. The average molecular weight is 245 g/mol. The maximum atomic E-state index is 11.9. The number of aliphatic hydroxyl groups excluding tert-OH is 1. The lowest BCUT2D eigenvalue weighted by molar-refractivity contribution is -0.129. The van der Waals surface area contributed by atoms with Gasteiger partial charge in [-0.15, -0.1) is 11.8 Å². The van der Waals surface area contributed by atoms with Crippen LogP contribution < -0.4 is 0 Å². The molecule has 2 atom stereocenters. The number of aliphatic hydroxyl groups is 1. The molecule has 0 aliphatic carbocycles. The molecule has 1 amide bonds. The van der Waals surface area contributed by atoms with E-state index in [1.54, 1.807) is 18.7 Å². The molecule has 0 radical (unpaired) electrons. The van der Waals surface area contributed by atoms with Crippen LogP contribution in [0.3, 0.4) is 0 Å². The summed E-state index contributed by atoms with van der Waals surface area (Å²) >= 11 is 1.55. The molecule has 1 fully saturated rings. The third-order valence-corrected chi connectivity index (χ3v) is 4.62. The average Bonchev–Trinajstić information content (AvgIpc) is 2.26. The van der Waals surface area contributed by atoms with Gasteiger partial charge in [-0.1, -0.05) is 13.8 Å². The number of carbonyl (C=O) groups excluding carboxylic acids is 1. The van der Waals surface area contributed by atoms with Crippen LogP contribution in [0, 0.1) is 5.92 Å². The SMILES string of the molecule is CC1CCN(C(=O)CS[C@@H](C)[C@H](C)O)CC1. The van der Waals surface area contributed by atoms with Crippen molar-refractivity contribution in [2.45, 2.75) is 45.0 Å². The zero-order chi connectivity index (χ0) is 12.1. The van der Waals surface area contributed by atoms with Crippen LogP contribution in [0.4, 0.5) is 0 Å². The molecule has 0 bridgehead atoms. The van der Waals surface area contributed by atoms with Crippen LogP contribution >= 0.6 is 11.8 Å². The van der Waals surface area contributed by atoms with Gasteiger partial charge in [0.15, 0.2) is 0 Å². The fourth-order valence-corrected chi connectivity index (χ4v) is 2.56. The van der Waals surface area contributed by atoms with E-state index in [0.29, 0.717) is 5.75 Å². The molecule has 1 rings (SSSR count). The number of thioether (sulfide) groups is 1. The van der Waals surface area contributed by atoms with Crippen molar-refractivity contribution < 1.29 is 9.90 Å². The molecule has 1 N–H and O–H groups in total. The fourth-order valence-electron chi connectivity index (χ4n) is 1.69. The topological polar surface area (TPSA) is 40.5 Å². The summed E-state index contributed by atoms with van der Waals surface area (Å²) in [6.45, 7) is 7.78. The summed E-state index contributed by atoms with van der Waals surface area (Å²) in [7, 11) is 0. The number of amides is 1. The van der Waals surface area contributed by atoms with E-state index in [1.807, 2.05) is 11.8 Å². The molecule has 0 aromatic rings. The number of likely N-dealkylation sites (tertiary alicyclic amines) is 1. The molecule has 16 heavy (non-hydrogen) atoms. The molecule has 4 heteroatoms. The second-order valence-corrected chi connectivity index (χ2v) is 6.19. The predicted octanol–water partition coefficient (Wildman–Crippen LogP) is 1.75. The standard InChI is InChI=1S/C12H23NO2S/c1-9-4-6-13(7-5-9)12(15)8-16-11(3)10(2)14/h9-11,14H,4-8H2,1-3H3/t10-,11-/m0/s1. The Morgan fingerprint density at radius 2 is 2.00 bits per heavy atom. The largest absolute Gasteiger partial charge is 0.392 e. The molecule has 94 valence electrons. The fraction of sp³-hybridized carbons (Fsp3) is 0.917. The Morgan fingerprint density at radius 3 is 2.50 bits per heavy atom. The summed E-state index contributed by atoms with van der Waals surface area (Å²) in [6, 6.07) is 0. The van der Waals surface area contributed by atoms with Crippen LogP contribution in [0.2, 0.25) is 0 Å². The lowest BCUT2D eigenvalue weighted by Gasteiger charge is -2.30. The van der Waals surface area contributed by atoms with Crippen molar-refractivity contribution >= 4 is 17.7 Å². The van der Waals surface area contributed by atoms with E-state index in [1.165, 1.54) is 0 Å². The van der Waals surface area contributed by atoms with Crippen molar-refractivity contribution in [1.29, 1.82) is 0 Å².